The van der Waals surface area contributed by atoms with Crippen molar-refractivity contribution in [1.82, 2.24) is 4.98 Å². The van der Waals surface area contributed by atoms with Crippen LogP contribution in [0.15, 0.2) is 78.4 Å². The molecule has 1 saturated heterocycles. The molecule has 41 heavy (non-hydrogen) atoms. The number of aryl methyl sites for hydroxylation is 2. The first-order valence-electron chi connectivity index (χ1n) is 12.6. The lowest BCUT2D eigenvalue weighted by Crippen LogP contribution is -2.29. The Hall–Kier alpha value is -4.03. The molecule has 10 heteroatoms. The van der Waals surface area contributed by atoms with E-state index in [0.29, 0.717) is 29.2 Å². The van der Waals surface area contributed by atoms with Crippen LogP contribution >= 0.6 is 33.9 Å². The van der Waals surface area contributed by atoms with Gasteiger partial charge in [-0.2, -0.15) is 0 Å². The van der Waals surface area contributed by atoms with Crippen LogP contribution in [0.3, 0.4) is 0 Å². The van der Waals surface area contributed by atoms with Gasteiger partial charge in [-0.1, -0.05) is 47.7 Å². The number of thiazole rings is 1. The molecule has 1 amide bonds. The van der Waals surface area contributed by atoms with Crippen molar-refractivity contribution in [1.29, 1.82) is 0 Å². The highest BCUT2D eigenvalue weighted by atomic mass is 127. The average Bonchev–Trinajstić information content (AvgIpc) is 3.48. The number of carbonyl (C=O) groups is 3. The van der Waals surface area contributed by atoms with Crippen molar-refractivity contribution in [2.24, 2.45) is 0 Å². The van der Waals surface area contributed by atoms with Gasteiger partial charge in [-0.05, 0) is 89.5 Å². The molecular formula is C31H25IN2O6S. The van der Waals surface area contributed by atoms with Crippen molar-refractivity contribution in [3.63, 3.8) is 0 Å². The summed E-state index contributed by atoms with van der Waals surface area (Å²) in [6.07, 6.45) is 0. The Kier molecular flexibility index (Phi) is 8.22. The fraction of sp³-hybridized carbons (Fsp3) is 0.161. The van der Waals surface area contributed by atoms with E-state index in [0.717, 1.165) is 26.0 Å². The molecule has 0 bridgehead atoms. The van der Waals surface area contributed by atoms with E-state index in [9.17, 15) is 19.5 Å². The summed E-state index contributed by atoms with van der Waals surface area (Å²) in [5.41, 5.74) is 3.45. The van der Waals surface area contributed by atoms with Crippen molar-refractivity contribution in [2.75, 3.05) is 12.0 Å². The molecule has 5 rings (SSSR count). The molecule has 8 nitrogen and oxygen atoms in total. The summed E-state index contributed by atoms with van der Waals surface area (Å²) < 4.78 is 11.7. The standard InChI is InChI=1S/C31H25IN2O6S/c1-17-6-4-5-7-21(17)16-40-23-14-10-20(11-15-23)26(35)24-25(19-8-12-22(32)13-9-19)34(29(37)27(24)36)31-33-18(2)28(41-31)30(38)39-3/h4-15,25,35H,16H2,1-3H3. The van der Waals surface area contributed by atoms with E-state index in [-0.39, 0.29) is 21.3 Å². The normalized spacial score (nSPS) is 16.2. The van der Waals surface area contributed by atoms with Crippen molar-refractivity contribution in [3.05, 3.63) is 115 Å². The van der Waals surface area contributed by atoms with Gasteiger partial charge in [0, 0.05) is 9.13 Å². The zero-order chi connectivity index (χ0) is 29.3. The predicted octanol–water partition coefficient (Wildman–Crippen LogP) is 6.36. The third kappa shape index (κ3) is 5.62. The molecular weight excluding hydrogens is 655 g/mol. The van der Waals surface area contributed by atoms with Crippen LogP contribution in [0.4, 0.5) is 5.13 Å². The maximum absolute atomic E-state index is 13.4. The van der Waals surface area contributed by atoms with Crippen LogP contribution in [0.5, 0.6) is 5.75 Å². The Morgan fingerprint density at radius 2 is 1.71 bits per heavy atom. The van der Waals surface area contributed by atoms with Crippen molar-refractivity contribution >= 4 is 62.5 Å². The van der Waals surface area contributed by atoms with Gasteiger partial charge in [-0.3, -0.25) is 14.5 Å². The lowest BCUT2D eigenvalue weighted by atomic mass is 9.95. The van der Waals surface area contributed by atoms with E-state index in [4.69, 9.17) is 9.47 Å². The average molecular weight is 681 g/mol. The first kappa shape index (κ1) is 28.5. The quantitative estimate of drug-likeness (QED) is 0.0797. The lowest BCUT2D eigenvalue weighted by Gasteiger charge is -2.23. The summed E-state index contributed by atoms with van der Waals surface area (Å²) in [5.74, 6) is -2.01. The molecule has 1 aromatic heterocycles. The highest BCUT2D eigenvalue weighted by Gasteiger charge is 2.48. The number of aromatic nitrogens is 1. The van der Waals surface area contributed by atoms with E-state index >= 15 is 0 Å². The molecule has 0 saturated carbocycles. The number of Topliss-reactive ketones (excluding diaryl/α,β-unsaturated/α-hetero) is 1. The Bertz CT molecular complexity index is 1680. The molecule has 4 aromatic rings. The Labute approximate surface area is 254 Å². The minimum Gasteiger partial charge on any atom is -0.507 e. The molecule has 208 valence electrons. The first-order chi connectivity index (χ1) is 19.7. The molecule has 3 aromatic carbocycles. The second-order valence-corrected chi connectivity index (χ2v) is 11.6. The van der Waals surface area contributed by atoms with E-state index in [1.807, 2.05) is 43.3 Å². The van der Waals surface area contributed by atoms with E-state index in [2.05, 4.69) is 27.6 Å². The van der Waals surface area contributed by atoms with E-state index in [1.165, 1.54) is 12.0 Å². The van der Waals surface area contributed by atoms with Crippen LogP contribution in [0, 0.1) is 17.4 Å². The number of benzene rings is 3. The number of methoxy groups -OCH3 is 1. The van der Waals surface area contributed by atoms with Crippen LogP contribution in [-0.2, 0) is 20.9 Å². The number of aliphatic hydroxyl groups is 1. The van der Waals surface area contributed by atoms with Gasteiger partial charge in [0.1, 0.15) is 23.0 Å². The van der Waals surface area contributed by atoms with Gasteiger partial charge < -0.3 is 14.6 Å². The fourth-order valence-corrected chi connectivity index (χ4v) is 5.93. The number of ketones is 1. The number of aliphatic hydroxyl groups excluding tert-OH is 1. The SMILES string of the molecule is COC(=O)c1sc(N2C(=O)C(=O)C(=C(O)c3ccc(OCc4ccccc4C)cc3)C2c2ccc(I)cc2)nc1C. The number of nitrogens with zero attached hydrogens (tertiary/aromatic N) is 2. The van der Waals surface area contributed by atoms with E-state index in [1.54, 1.807) is 43.3 Å². The monoisotopic (exact) mass is 680 g/mol. The number of ether oxygens (including phenoxy) is 2. The summed E-state index contributed by atoms with van der Waals surface area (Å²) in [4.78, 5) is 45.0. The molecule has 1 N–H and O–H groups in total. The maximum atomic E-state index is 13.4. The molecule has 0 spiro atoms. The van der Waals surface area contributed by atoms with Crippen LogP contribution in [0.25, 0.3) is 5.76 Å². The second kappa shape index (κ2) is 11.8. The summed E-state index contributed by atoms with van der Waals surface area (Å²) in [7, 11) is 1.26. The maximum Gasteiger partial charge on any atom is 0.350 e. The van der Waals surface area contributed by atoms with Crippen LogP contribution < -0.4 is 9.64 Å². The summed E-state index contributed by atoms with van der Waals surface area (Å²) in [5, 5.41) is 11.6. The smallest absolute Gasteiger partial charge is 0.350 e. The number of amides is 1. The van der Waals surface area contributed by atoms with Gasteiger partial charge in [-0.25, -0.2) is 9.78 Å². The minimum absolute atomic E-state index is 0.0720. The number of hydrogen-bond acceptors (Lipinski definition) is 8. The number of carbonyl (C=O) groups excluding carboxylic acids is 3. The first-order valence-corrected chi connectivity index (χ1v) is 14.5. The zero-order valence-corrected chi connectivity index (χ0v) is 25.4. The van der Waals surface area contributed by atoms with Crippen LogP contribution in [-0.4, -0.2) is 34.9 Å². The van der Waals surface area contributed by atoms with Crippen molar-refractivity contribution < 1.29 is 29.0 Å². The number of anilines is 1. The highest BCUT2D eigenvalue weighted by molar-refractivity contribution is 14.1. The number of esters is 1. The lowest BCUT2D eigenvalue weighted by molar-refractivity contribution is -0.132. The van der Waals surface area contributed by atoms with Crippen LogP contribution in [0.2, 0.25) is 0 Å². The highest BCUT2D eigenvalue weighted by Crippen LogP contribution is 2.44. The summed E-state index contributed by atoms with van der Waals surface area (Å²) in [6.45, 7) is 4.03. The number of rotatable bonds is 7. The van der Waals surface area contributed by atoms with E-state index < -0.39 is 23.7 Å². The van der Waals surface area contributed by atoms with Gasteiger partial charge in [0.05, 0.1) is 24.4 Å². The number of halogens is 1. The molecule has 1 atom stereocenters. The molecule has 2 heterocycles. The van der Waals surface area contributed by atoms with Gasteiger partial charge in [0.25, 0.3) is 5.78 Å². The molecule has 1 aliphatic heterocycles. The van der Waals surface area contributed by atoms with Gasteiger partial charge in [0.2, 0.25) is 0 Å². The zero-order valence-electron chi connectivity index (χ0n) is 22.4. The third-order valence-electron chi connectivity index (χ3n) is 6.78. The van der Waals surface area contributed by atoms with Gasteiger partial charge in [-0.15, -0.1) is 0 Å². The summed E-state index contributed by atoms with van der Waals surface area (Å²) >= 11 is 3.12. The predicted molar refractivity (Wildman–Crippen MR) is 164 cm³/mol. The minimum atomic E-state index is -0.958. The molecule has 1 aliphatic rings. The van der Waals surface area contributed by atoms with Crippen molar-refractivity contribution in [3.8, 4) is 5.75 Å². The summed E-state index contributed by atoms with van der Waals surface area (Å²) in [6, 6.07) is 21.0. The van der Waals surface area contributed by atoms with Crippen LogP contribution in [0.1, 0.15) is 43.7 Å². The Balaban J connectivity index is 1.53. The Morgan fingerprint density at radius 3 is 2.37 bits per heavy atom. The van der Waals surface area contributed by atoms with Gasteiger partial charge in [0.15, 0.2) is 5.13 Å². The molecule has 0 radical (unpaired) electrons. The topological polar surface area (TPSA) is 106 Å². The number of hydrogen-bond donors (Lipinski definition) is 1. The second-order valence-electron chi connectivity index (χ2n) is 9.36. The molecule has 1 unspecified atom stereocenters. The largest absolute Gasteiger partial charge is 0.507 e. The Morgan fingerprint density at radius 1 is 1.02 bits per heavy atom. The van der Waals surface area contributed by atoms with Gasteiger partial charge >= 0.3 is 11.9 Å². The van der Waals surface area contributed by atoms with Crippen molar-refractivity contribution in [2.45, 2.75) is 26.5 Å². The fourth-order valence-electron chi connectivity index (χ4n) is 4.56. The third-order valence-corrected chi connectivity index (χ3v) is 8.63. The molecule has 1 fully saturated rings. The molecule has 0 aliphatic carbocycles.